The summed E-state index contributed by atoms with van der Waals surface area (Å²) in [7, 11) is 1.04. The van der Waals surface area contributed by atoms with Gasteiger partial charge < -0.3 is 126 Å². The van der Waals surface area contributed by atoms with Crippen molar-refractivity contribution < 1.29 is 126 Å². The predicted molar refractivity (Wildman–Crippen MR) is 411 cm³/mol. The maximum Gasteiger partial charge on any atom is 0.329 e. The number of unbranched alkanes of at least 4 members (excludes halogenated alkanes) is 1. The van der Waals surface area contributed by atoms with E-state index in [1.807, 2.05) is 13.8 Å². The Bertz CT molecular complexity index is 3440. The number of nitrogens with two attached hydrogens (primary N) is 5. The number of piperidine rings is 1. The van der Waals surface area contributed by atoms with Gasteiger partial charge in [0.2, 0.25) is 82.7 Å². The maximum absolute atomic E-state index is 15.7. The van der Waals surface area contributed by atoms with E-state index >= 15 is 19.2 Å². The first-order valence-corrected chi connectivity index (χ1v) is 39.1. The minimum atomic E-state index is -2.79. The number of nitrogens with zero attached hydrogens (tertiary/aromatic N) is 2. The number of hydrogen-bond acceptors (Lipinski definition) is 25. The number of rotatable bonds is 40. The molecular formula is C74H126N16O26. The number of fused-ring (bicyclic) bond motifs is 1. The van der Waals surface area contributed by atoms with E-state index in [0.29, 0.717) is 6.42 Å². The first kappa shape index (κ1) is 102. The lowest BCUT2D eigenvalue weighted by atomic mass is 9.85. The van der Waals surface area contributed by atoms with Crippen LogP contribution in [-0.2, 0) is 95.8 Å². The third-order valence-electron chi connectivity index (χ3n) is 20.8. The molecule has 0 spiro atoms. The second-order valence-corrected chi connectivity index (χ2v) is 31.3. The average molecular weight is 1660 g/mol. The molecule has 0 unspecified atom stereocenters. The first-order chi connectivity index (χ1) is 53.9. The number of aliphatic carboxylic acids is 2. The summed E-state index contributed by atoms with van der Waals surface area (Å²) in [5, 5.41) is 87.6. The lowest BCUT2D eigenvalue weighted by Crippen LogP contribution is -2.66. The highest BCUT2D eigenvalue weighted by Gasteiger charge is 2.49. The number of aliphatic hydroxyl groups excluding tert-OH is 4. The summed E-state index contributed by atoms with van der Waals surface area (Å²) in [4.78, 5) is 256. The number of carboxylic acid groups (broad SMARTS) is 2. The topological polar surface area (TPSA) is 692 Å². The average Bonchev–Trinajstić information content (AvgIpc) is 0.833. The van der Waals surface area contributed by atoms with Crippen molar-refractivity contribution in [3.8, 4) is 0 Å². The molecule has 2 aliphatic heterocycles. The summed E-state index contributed by atoms with van der Waals surface area (Å²) in [5.41, 5.74) is 28.3. The number of carbonyl (C=O) groups excluding carboxylic acids is 16. The Hall–Kier alpha value is -9.78. The van der Waals surface area contributed by atoms with E-state index < -0.39 is 303 Å². The summed E-state index contributed by atoms with van der Waals surface area (Å²) in [6.07, 6.45) is -17.7. The number of ether oxygens (including phenoxy) is 2. The van der Waals surface area contributed by atoms with E-state index in [1.165, 1.54) is 34.6 Å². The van der Waals surface area contributed by atoms with Crippen LogP contribution in [0, 0.1) is 47.3 Å². The van der Waals surface area contributed by atoms with Crippen molar-refractivity contribution in [3.05, 3.63) is 0 Å². The normalized spacial score (nSPS) is 24.1. The fraction of sp³-hybridized carbons (Fsp3) is 0.757. The summed E-state index contributed by atoms with van der Waals surface area (Å²) in [5.74, 6) is -30.9. The van der Waals surface area contributed by atoms with Gasteiger partial charge in [-0.3, -0.25) is 81.5 Å². The number of amides is 15. The molecule has 2 heterocycles. The Morgan fingerprint density at radius 3 is 1.72 bits per heavy atom. The molecule has 2 saturated heterocycles. The first-order valence-electron chi connectivity index (χ1n) is 39.1. The summed E-state index contributed by atoms with van der Waals surface area (Å²) in [6, 6.07) is -22.2. The molecule has 2 aliphatic rings. The number of carbonyl (C=O) groups is 18. The largest absolute Gasteiger partial charge is 0.481 e. The molecule has 25 N–H and O–H groups in total. The van der Waals surface area contributed by atoms with Gasteiger partial charge in [-0.15, -0.1) is 0 Å². The Morgan fingerprint density at radius 2 is 1.20 bits per heavy atom. The molecule has 0 bridgehead atoms. The number of hydrogen-bond donors (Lipinski definition) is 20. The van der Waals surface area contributed by atoms with Crippen molar-refractivity contribution in [2.45, 2.75) is 283 Å². The second-order valence-electron chi connectivity index (χ2n) is 31.3. The molecule has 658 valence electrons. The van der Waals surface area contributed by atoms with Gasteiger partial charge in [0.25, 0.3) is 5.91 Å². The van der Waals surface area contributed by atoms with Crippen molar-refractivity contribution in [2.24, 2.45) is 76.0 Å². The number of cyclic esters (lactones) is 1. The number of nitrogens with one attached hydrogen (secondary N) is 9. The molecular weight excluding hydrogens is 1530 g/mol. The molecule has 0 aromatic heterocycles. The third kappa shape index (κ3) is 31.7. The van der Waals surface area contributed by atoms with Crippen molar-refractivity contribution in [3.63, 3.8) is 0 Å². The molecule has 42 heteroatoms. The SMILES string of the molecule is CCO[C@H](C(N)=O)[C@@H]1NC(=O)[C@H](CCC(=O)O)N(C)C(=O)[C@H](CC(C)C)NC(=O)[C@@H](CCCCN)NC(=O)[C@@H]([C@@H](C)O)NC(=O)[C@H](NC(=O)[C@@H](NC(=O)[C@H](O)[C@H](O)[C@H](CCC(N)=O)NC(=O)[C@@H](CC(N)=O)NC(=O)[C@H](C)[C@H](O)[C@H](C)CC(C)C)[C@@H](C)[C@@H](C)C(N)=O)[C@@H]([C@H](C)C(C)C)OC(=O)[C@@H]2CCCCN2C(=O)[C@@H](CC(=O)O)NC1=O. The van der Waals surface area contributed by atoms with Crippen molar-refractivity contribution in [1.29, 1.82) is 0 Å². The van der Waals surface area contributed by atoms with E-state index in [9.17, 15) is 97.8 Å². The van der Waals surface area contributed by atoms with Crippen LogP contribution in [-0.4, -0.2) is 277 Å². The fourth-order valence-electron chi connectivity index (χ4n) is 13.5. The van der Waals surface area contributed by atoms with E-state index in [1.54, 1.807) is 34.6 Å². The number of likely N-dealkylation sites (N-methyl/N-ethyl adjacent to an activating group) is 1. The standard InChI is InChI=1S/C74H126N16O26/c1-15-115-60(62(79)102)55-69(109)84-45(31-51(96)97)73(113)90-27-19-17-21-47(90)74(114)116-59(36(9)34(6)7)54(70(110)86-53(40(13)91)68(108)81-42(20-16-18-26-75)64(104)83-44(29-33(4)5)72(112)89(14)46(66(106)87-55)23-25-50(94)95)88-67(107)52(37(10)38(11)61(78)101)85-71(111)58(100)57(99)41(22-24-48(76)92)80-65(105)43(30-49(77)93)82-63(103)39(12)56(98)35(8)28-32(2)3/h32-47,52-60,91,98-100H,15-31,75H2,1-14H3,(H2,76,92)(H2,77,93)(H2,78,101)(H2,79,102)(H,80,105)(H,81,108)(H,82,103)(H,83,104)(H,84,109)(H,85,111)(H,86,110)(H,87,106)(H,88,107)(H,94,95)(H,96,97)/t35-,36-,37+,38-,39-,40-,41+,42-,43-,44+,45-,46+,47+,52+,53-,54-,55+,56-,57-,58-,59-,60+/m1/s1. The molecule has 116 heavy (non-hydrogen) atoms. The number of esters is 1. The zero-order valence-corrected chi connectivity index (χ0v) is 68.6. The number of primary amides is 4. The van der Waals surface area contributed by atoms with E-state index in [2.05, 4.69) is 47.9 Å². The molecule has 0 aliphatic carbocycles. The van der Waals surface area contributed by atoms with Crippen molar-refractivity contribution in [2.75, 3.05) is 26.7 Å². The quantitative estimate of drug-likeness (QED) is 0.0200. The zero-order chi connectivity index (χ0) is 88.8. The van der Waals surface area contributed by atoms with Gasteiger partial charge in [0.1, 0.15) is 72.6 Å². The van der Waals surface area contributed by atoms with Gasteiger partial charge in [0, 0.05) is 39.0 Å². The summed E-state index contributed by atoms with van der Waals surface area (Å²) >= 11 is 0. The minimum absolute atomic E-state index is 0.0503. The summed E-state index contributed by atoms with van der Waals surface area (Å²) < 4.78 is 11.8. The Labute approximate surface area is 673 Å². The lowest BCUT2D eigenvalue weighted by molar-refractivity contribution is -0.168. The highest BCUT2D eigenvalue weighted by Crippen LogP contribution is 2.28. The monoisotopic (exact) mass is 1650 g/mol. The molecule has 2 fully saturated rings. The molecule has 42 nitrogen and oxygen atoms in total. The van der Waals surface area contributed by atoms with Gasteiger partial charge in [-0.25, -0.2) is 4.79 Å². The van der Waals surface area contributed by atoms with Crippen LogP contribution in [0.25, 0.3) is 0 Å². The van der Waals surface area contributed by atoms with Gasteiger partial charge in [0.05, 0.1) is 37.0 Å². The van der Waals surface area contributed by atoms with E-state index in [0.717, 1.165) is 23.8 Å². The molecule has 0 radical (unpaired) electrons. The van der Waals surface area contributed by atoms with Gasteiger partial charge in [-0.05, 0) is 120 Å². The second kappa shape index (κ2) is 48.7. The lowest BCUT2D eigenvalue weighted by Gasteiger charge is -2.40. The van der Waals surface area contributed by atoms with Crippen molar-refractivity contribution in [1.82, 2.24) is 57.7 Å². The minimum Gasteiger partial charge on any atom is -0.481 e. The van der Waals surface area contributed by atoms with Crippen LogP contribution in [0.4, 0.5) is 0 Å². The molecule has 15 amide bonds. The Balaban J connectivity index is 3.24. The molecule has 22 atom stereocenters. The Morgan fingerprint density at radius 1 is 0.603 bits per heavy atom. The van der Waals surface area contributed by atoms with Crippen LogP contribution in [0.3, 0.4) is 0 Å². The third-order valence-corrected chi connectivity index (χ3v) is 20.8. The zero-order valence-electron chi connectivity index (χ0n) is 68.6. The predicted octanol–water partition coefficient (Wildman–Crippen LogP) is -6.14. The van der Waals surface area contributed by atoms with Crippen LogP contribution >= 0.6 is 0 Å². The number of aliphatic hydroxyl groups is 4. The summed E-state index contributed by atoms with van der Waals surface area (Å²) in [6.45, 7) is 18.6. The highest BCUT2D eigenvalue weighted by atomic mass is 16.5. The van der Waals surface area contributed by atoms with Crippen LogP contribution in [0.5, 0.6) is 0 Å². The number of carboxylic acids is 2. The molecule has 0 aromatic rings. The van der Waals surface area contributed by atoms with Crippen LogP contribution in [0.1, 0.15) is 180 Å². The maximum atomic E-state index is 15.7. The van der Waals surface area contributed by atoms with E-state index in [4.69, 9.17) is 38.1 Å². The molecule has 2 rings (SSSR count). The smallest absolute Gasteiger partial charge is 0.329 e. The van der Waals surface area contributed by atoms with Crippen molar-refractivity contribution >= 4 is 107 Å². The van der Waals surface area contributed by atoms with E-state index in [-0.39, 0.29) is 57.4 Å². The van der Waals surface area contributed by atoms with Crippen LogP contribution in [0.2, 0.25) is 0 Å². The molecule has 0 saturated carbocycles. The van der Waals surface area contributed by atoms with Crippen LogP contribution in [0.15, 0.2) is 0 Å². The Kier molecular flexibility index (Phi) is 42.9. The van der Waals surface area contributed by atoms with Gasteiger partial charge in [-0.1, -0.05) is 76.2 Å². The highest BCUT2D eigenvalue weighted by molar-refractivity contribution is 6.02. The molecule has 0 aromatic carbocycles. The van der Waals surface area contributed by atoms with Crippen LogP contribution < -0.4 is 76.5 Å². The fourth-order valence-corrected chi connectivity index (χ4v) is 13.5. The van der Waals surface area contributed by atoms with Gasteiger partial charge >= 0.3 is 17.9 Å². The van der Waals surface area contributed by atoms with Gasteiger partial charge in [-0.2, -0.15) is 0 Å². The van der Waals surface area contributed by atoms with Gasteiger partial charge in [0.15, 0.2) is 12.2 Å².